The van der Waals surface area contributed by atoms with Crippen LogP contribution in [0.5, 0.6) is 11.5 Å². The molecule has 31 heavy (non-hydrogen) atoms. The van der Waals surface area contributed by atoms with E-state index >= 15 is 0 Å². The van der Waals surface area contributed by atoms with Gasteiger partial charge in [0.25, 0.3) is 5.69 Å². The summed E-state index contributed by atoms with van der Waals surface area (Å²) in [5.41, 5.74) is 0.178. The van der Waals surface area contributed by atoms with Crippen LogP contribution in [0.3, 0.4) is 0 Å². The summed E-state index contributed by atoms with van der Waals surface area (Å²) in [5.74, 6) is 1.84. The molecule has 0 aliphatic rings. The first-order valence-corrected chi connectivity index (χ1v) is 10.6. The summed E-state index contributed by atoms with van der Waals surface area (Å²) in [6, 6.07) is 13.0. The van der Waals surface area contributed by atoms with Crippen LogP contribution < -0.4 is 9.47 Å². The molecule has 0 saturated heterocycles. The number of nitro groups is 1. The predicted octanol–water partition coefficient (Wildman–Crippen LogP) is 4.33. The van der Waals surface area contributed by atoms with Crippen LogP contribution in [0.15, 0.2) is 53.7 Å². The first-order valence-electron chi connectivity index (χ1n) is 9.57. The van der Waals surface area contributed by atoms with Gasteiger partial charge in [0.05, 0.1) is 17.8 Å². The highest BCUT2D eigenvalue weighted by molar-refractivity contribution is 7.99. The van der Waals surface area contributed by atoms with E-state index in [9.17, 15) is 14.9 Å². The number of nitro benzene ring substituents is 1. The molecule has 3 rings (SSSR count). The molecule has 3 aromatic rings. The maximum Gasteiger partial charge on any atom is 0.270 e. The molecular formula is C21H22N4O5S. The molecule has 10 heteroatoms. The molecular weight excluding hydrogens is 420 g/mol. The lowest BCUT2D eigenvalue weighted by atomic mass is 10.1. The van der Waals surface area contributed by atoms with Gasteiger partial charge < -0.3 is 14.0 Å². The molecule has 0 amide bonds. The zero-order valence-corrected chi connectivity index (χ0v) is 18.2. The van der Waals surface area contributed by atoms with Crippen LogP contribution in [-0.4, -0.2) is 38.3 Å². The van der Waals surface area contributed by atoms with Crippen molar-refractivity contribution in [2.45, 2.75) is 31.7 Å². The number of carbonyl (C=O) groups is 1. The molecule has 9 nitrogen and oxygen atoms in total. The van der Waals surface area contributed by atoms with Gasteiger partial charge in [-0.15, -0.1) is 10.2 Å². The second-order valence-electron chi connectivity index (χ2n) is 6.54. The van der Waals surface area contributed by atoms with E-state index in [1.54, 1.807) is 19.2 Å². The molecule has 1 aromatic heterocycles. The quantitative estimate of drug-likeness (QED) is 0.197. The van der Waals surface area contributed by atoms with Crippen LogP contribution in [0.2, 0.25) is 0 Å². The topological polar surface area (TPSA) is 109 Å². The molecule has 0 saturated carbocycles. The van der Waals surface area contributed by atoms with Gasteiger partial charge in [-0.2, -0.15) is 0 Å². The number of hydrogen-bond donors (Lipinski definition) is 0. The molecule has 0 aliphatic heterocycles. The number of methoxy groups -OCH3 is 1. The van der Waals surface area contributed by atoms with Crippen molar-refractivity contribution in [3.63, 3.8) is 0 Å². The van der Waals surface area contributed by atoms with Crippen LogP contribution in [0.25, 0.3) is 0 Å². The number of ether oxygens (including phenoxy) is 2. The summed E-state index contributed by atoms with van der Waals surface area (Å²) in [5, 5.41) is 20.0. The highest BCUT2D eigenvalue weighted by Crippen LogP contribution is 2.27. The highest BCUT2D eigenvalue weighted by Gasteiger charge is 2.20. The largest absolute Gasteiger partial charge is 0.497 e. The molecule has 0 N–H and O–H groups in total. The summed E-state index contributed by atoms with van der Waals surface area (Å²) in [6.07, 6.45) is -0.374. The van der Waals surface area contributed by atoms with Crippen molar-refractivity contribution in [3.8, 4) is 11.5 Å². The molecule has 0 fully saturated rings. The van der Waals surface area contributed by atoms with Crippen molar-refractivity contribution >= 4 is 23.2 Å². The van der Waals surface area contributed by atoms with Crippen molar-refractivity contribution < 1.29 is 19.2 Å². The Morgan fingerprint density at radius 1 is 1.19 bits per heavy atom. The summed E-state index contributed by atoms with van der Waals surface area (Å²) < 4.78 is 13.1. The Kier molecular flexibility index (Phi) is 7.24. The maximum atomic E-state index is 12.5. The number of nitrogens with zero attached hydrogens (tertiary/aromatic N) is 4. The molecule has 0 radical (unpaired) electrons. The number of benzene rings is 2. The average Bonchev–Trinajstić information content (AvgIpc) is 3.20. The van der Waals surface area contributed by atoms with Crippen molar-refractivity contribution in [1.29, 1.82) is 0 Å². The van der Waals surface area contributed by atoms with Crippen molar-refractivity contribution in [3.05, 3.63) is 70.0 Å². The molecule has 0 aliphatic carbocycles. The SMILES string of the molecule is CCn1c(SCC(=O)c2cccc([N+](=O)[O-])c2)nnc1C(C)Oc1cccc(OC)c1. The molecule has 162 valence electrons. The molecule has 2 aromatic carbocycles. The molecule has 1 unspecified atom stereocenters. The summed E-state index contributed by atoms with van der Waals surface area (Å²) in [4.78, 5) is 22.9. The van der Waals surface area contributed by atoms with E-state index in [-0.39, 0.29) is 23.3 Å². The third-order valence-electron chi connectivity index (χ3n) is 4.49. The Bertz CT molecular complexity index is 1090. The number of non-ortho nitro benzene ring substituents is 1. The minimum Gasteiger partial charge on any atom is -0.497 e. The van der Waals surface area contributed by atoms with Crippen LogP contribution in [-0.2, 0) is 6.54 Å². The number of Topliss-reactive ketones (excluding diaryl/α,β-unsaturated/α-hetero) is 1. The fraction of sp³-hybridized carbons (Fsp3) is 0.286. The van der Waals surface area contributed by atoms with Crippen LogP contribution in [0, 0.1) is 10.1 Å². The van der Waals surface area contributed by atoms with E-state index in [1.807, 2.05) is 36.6 Å². The third kappa shape index (κ3) is 5.40. The Morgan fingerprint density at radius 2 is 1.94 bits per heavy atom. The maximum absolute atomic E-state index is 12.5. The van der Waals surface area contributed by atoms with E-state index in [4.69, 9.17) is 9.47 Å². The van der Waals surface area contributed by atoms with E-state index in [2.05, 4.69) is 10.2 Å². The van der Waals surface area contributed by atoms with Gasteiger partial charge in [0.15, 0.2) is 22.9 Å². The summed E-state index contributed by atoms with van der Waals surface area (Å²) in [6.45, 7) is 4.43. The van der Waals surface area contributed by atoms with Gasteiger partial charge in [-0.25, -0.2) is 0 Å². The monoisotopic (exact) mass is 442 g/mol. The van der Waals surface area contributed by atoms with Gasteiger partial charge in [-0.3, -0.25) is 14.9 Å². The number of aromatic nitrogens is 3. The Morgan fingerprint density at radius 3 is 2.65 bits per heavy atom. The molecule has 0 bridgehead atoms. The molecule has 1 atom stereocenters. The van der Waals surface area contributed by atoms with Gasteiger partial charge in [0, 0.05) is 30.3 Å². The van der Waals surface area contributed by atoms with Crippen LogP contribution in [0.1, 0.15) is 36.1 Å². The van der Waals surface area contributed by atoms with E-state index < -0.39 is 4.92 Å². The number of hydrogen-bond acceptors (Lipinski definition) is 8. The summed E-state index contributed by atoms with van der Waals surface area (Å²) in [7, 11) is 1.59. The van der Waals surface area contributed by atoms with Crippen molar-refractivity contribution in [1.82, 2.24) is 14.8 Å². The first kappa shape index (κ1) is 22.3. The molecule has 1 heterocycles. The summed E-state index contributed by atoms with van der Waals surface area (Å²) >= 11 is 1.23. The number of rotatable bonds is 10. The Labute approximate surface area is 183 Å². The second kappa shape index (κ2) is 10.1. The molecule has 0 spiro atoms. The van der Waals surface area contributed by atoms with E-state index in [0.717, 1.165) is 0 Å². The Balaban J connectivity index is 1.70. The fourth-order valence-corrected chi connectivity index (χ4v) is 3.85. The number of thioether (sulfide) groups is 1. The normalized spacial score (nSPS) is 11.7. The second-order valence-corrected chi connectivity index (χ2v) is 7.49. The van der Waals surface area contributed by atoms with Crippen molar-refractivity contribution in [2.75, 3.05) is 12.9 Å². The highest BCUT2D eigenvalue weighted by atomic mass is 32.2. The zero-order chi connectivity index (χ0) is 22.4. The minimum absolute atomic E-state index is 0.0877. The van der Waals surface area contributed by atoms with Gasteiger partial charge >= 0.3 is 0 Å². The standard InChI is InChI=1S/C21H22N4O5S/c1-4-24-20(14(2)30-18-10-6-9-17(12-18)29-3)22-23-21(24)31-13-19(26)15-7-5-8-16(11-15)25(27)28/h5-12,14H,4,13H2,1-3H3. The number of carbonyl (C=O) groups excluding carboxylic acids is 1. The fourth-order valence-electron chi connectivity index (χ4n) is 2.94. The Hall–Kier alpha value is -3.40. The average molecular weight is 442 g/mol. The van der Waals surface area contributed by atoms with Gasteiger partial charge in [-0.1, -0.05) is 30.0 Å². The lowest BCUT2D eigenvalue weighted by molar-refractivity contribution is -0.384. The first-order chi connectivity index (χ1) is 14.9. The van der Waals surface area contributed by atoms with Crippen LogP contribution >= 0.6 is 11.8 Å². The third-order valence-corrected chi connectivity index (χ3v) is 5.46. The predicted molar refractivity (Wildman–Crippen MR) is 116 cm³/mol. The lowest BCUT2D eigenvalue weighted by Crippen LogP contribution is -2.12. The van der Waals surface area contributed by atoms with Crippen molar-refractivity contribution in [2.24, 2.45) is 0 Å². The smallest absolute Gasteiger partial charge is 0.270 e. The van der Waals surface area contributed by atoms with Crippen LogP contribution in [0.4, 0.5) is 5.69 Å². The van der Waals surface area contributed by atoms with E-state index in [1.165, 1.54) is 30.0 Å². The number of ketones is 1. The zero-order valence-electron chi connectivity index (χ0n) is 17.3. The van der Waals surface area contributed by atoms with E-state index in [0.29, 0.717) is 34.6 Å². The van der Waals surface area contributed by atoms with Gasteiger partial charge in [0.2, 0.25) is 0 Å². The van der Waals surface area contributed by atoms with Gasteiger partial charge in [-0.05, 0) is 26.0 Å². The van der Waals surface area contributed by atoms with Gasteiger partial charge in [0.1, 0.15) is 11.5 Å². The lowest BCUT2D eigenvalue weighted by Gasteiger charge is -2.16. The minimum atomic E-state index is -0.520.